The highest BCUT2D eigenvalue weighted by atomic mass is 32.2. The highest BCUT2D eigenvalue weighted by Gasteiger charge is 2.12. The predicted octanol–water partition coefficient (Wildman–Crippen LogP) is 5.16. The summed E-state index contributed by atoms with van der Waals surface area (Å²) < 4.78 is 7.43. The molecule has 0 radical (unpaired) electrons. The number of carbonyl (C=O) groups excluding carboxylic acids is 1. The van der Waals surface area contributed by atoms with Crippen LogP contribution in [-0.4, -0.2) is 21.0 Å². The number of anilines is 1. The standard InChI is InChI=1S/C21H20N4O2S2/c1-13-6-5-7-14(2)20(13)24-18(26)10-11-19-23-17(25-27-19)12-28-21-22-15-8-3-4-9-16(15)29-21/h3-9H,10-12H2,1-2H3,(H,24,26). The van der Waals surface area contributed by atoms with E-state index >= 15 is 0 Å². The summed E-state index contributed by atoms with van der Waals surface area (Å²) >= 11 is 3.24. The molecule has 29 heavy (non-hydrogen) atoms. The number of benzene rings is 2. The van der Waals surface area contributed by atoms with Gasteiger partial charge in [0.25, 0.3) is 0 Å². The van der Waals surface area contributed by atoms with E-state index in [4.69, 9.17) is 4.52 Å². The maximum Gasteiger partial charge on any atom is 0.227 e. The number of thioether (sulfide) groups is 1. The Morgan fingerprint density at radius 3 is 2.69 bits per heavy atom. The van der Waals surface area contributed by atoms with E-state index in [0.717, 1.165) is 26.7 Å². The van der Waals surface area contributed by atoms with Gasteiger partial charge in [-0.05, 0) is 37.1 Å². The van der Waals surface area contributed by atoms with Crippen molar-refractivity contribution < 1.29 is 9.32 Å². The zero-order chi connectivity index (χ0) is 20.2. The number of fused-ring (bicyclic) bond motifs is 1. The fraction of sp³-hybridized carbons (Fsp3) is 0.238. The minimum atomic E-state index is -0.0639. The Hall–Kier alpha value is -2.71. The summed E-state index contributed by atoms with van der Waals surface area (Å²) in [5, 5.41) is 6.99. The molecular formula is C21H20N4O2S2. The van der Waals surface area contributed by atoms with Crippen LogP contribution in [0.3, 0.4) is 0 Å². The van der Waals surface area contributed by atoms with Crippen molar-refractivity contribution in [3.05, 3.63) is 65.3 Å². The minimum absolute atomic E-state index is 0.0639. The quantitative estimate of drug-likeness (QED) is 0.413. The highest BCUT2D eigenvalue weighted by Crippen LogP contribution is 2.30. The van der Waals surface area contributed by atoms with E-state index in [1.807, 2.05) is 50.2 Å². The zero-order valence-corrected chi connectivity index (χ0v) is 17.8. The number of aromatic nitrogens is 3. The molecule has 0 aliphatic heterocycles. The van der Waals surface area contributed by atoms with Gasteiger partial charge in [0.15, 0.2) is 10.2 Å². The molecule has 0 spiro atoms. The third-order valence-corrected chi connectivity index (χ3v) is 6.60. The molecule has 2 heterocycles. The molecule has 1 amide bonds. The number of aryl methyl sites for hydroxylation is 3. The first-order valence-corrected chi connectivity index (χ1v) is 11.0. The van der Waals surface area contributed by atoms with Crippen LogP contribution in [0.15, 0.2) is 51.3 Å². The maximum absolute atomic E-state index is 12.3. The van der Waals surface area contributed by atoms with Gasteiger partial charge in [0.2, 0.25) is 11.8 Å². The number of nitrogens with zero attached hydrogens (tertiary/aromatic N) is 3. The van der Waals surface area contributed by atoms with Gasteiger partial charge in [-0.15, -0.1) is 11.3 Å². The van der Waals surface area contributed by atoms with Crippen molar-refractivity contribution in [2.45, 2.75) is 36.8 Å². The molecule has 0 fully saturated rings. The van der Waals surface area contributed by atoms with Crippen LogP contribution in [0.2, 0.25) is 0 Å². The first-order chi connectivity index (χ1) is 14.1. The Morgan fingerprint density at radius 2 is 1.90 bits per heavy atom. The lowest BCUT2D eigenvalue weighted by Gasteiger charge is -2.10. The van der Waals surface area contributed by atoms with Crippen molar-refractivity contribution in [3.63, 3.8) is 0 Å². The molecule has 8 heteroatoms. The van der Waals surface area contributed by atoms with Gasteiger partial charge in [-0.3, -0.25) is 4.79 Å². The first-order valence-electron chi connectivity index (χ1n) is 9.24. The average Bonchev–Trinajstić information content (AvgIpc) is 3.34. The summed E-state index contributed by atoms with van der Waals surface area (Å²) in [6.07, 6.45) is 0.704. The number of thiazole rings is 1. The Labute approximate surface area is 176 Å². The lowest BCUT2D eigenvalue weighted by molar-refractivity contribution is -0.116. The van der Waals surface area contributed by atoms with Crippen molar-refractivity contribution >= 4 is 44.9 Å². The molecule has 0 aliphatic carbocycles. The van der Waals surface area contributed by atoms with E-state index in [0.29, 0.717) is 30.3 Å². The second-order valence-electron chi connectivity index (χ2n) is 6.66. The smallest absolute Gasteiger partial charge is 0.227 e. The monoisotopic (exact) mass is 424 g/mol. The molecule has 2 aromatic heterocycles. The van der Waals surface area contributed by atoms with E-state index in [1.165, 1.54) is 4.70 Å². The van der Waals surface area contributed by atoms with Crippen LogP contribution >= 0.6 is 23.1 Å². The number of nitrogens with one attached hydrogen (secondary N) is 1. The molecule has 4 aromatic rings. The number of para-hydroxylation sites is 2. The molecule has 148 valence electrons. The number of hydrogen-bond donors (Lipinski definition) is 1. The molecule has 0 aliphatic rings. The largest absolute Gasteiger partial charge is 0.339 e. The van der Waals surface area contributed by atoms with Gasteiger partial charge >= 0.3 is 0 Å². The van der Waals surface area contributed by atoms with Crippen LogP contribution in [0.1, 0.15) is 29.3 Å². The second-order valence-corrected chi connectivity index (χ2v) is 8.91. The van der Waals surface area contributed by atoms with E-state index in [1.54, 1.807) is 23.1 Å². The van der Waals surface area contributed by atoms with E-state index < -0.39 is 0 Å². The van der Waals surface area contributed by atoms with E-state index in [-0.39, 0.29) is 5.91 Å². The van der Waals surface area contributed by atoms with Crippen LogP contribution in [0.25, 0.3) is 10.2 Å². The summed E-state index contributed by atoms with van der Waals surface area (Å²) in [6, 6.07) is 14.0. The predicted molar refractivity (Wildman–Crippen MR) is 116 cm³/mol. The number of carbonyl (C=O) groups is 1. The molecule has 0 saturated carbocycles. The molecule has 0 atom stereocenters. The minimum Gasteiger partial charge on any atom is -0.339 e. The van der Waals surface area contributed by atoms with Gasteiger partial charge in [-0.25, -0.2) is 4.98 Å². The Morgan fingerprint density at radius 1 is 1.10 bits per heavy atom. The van der Waals surface area contributed by atoms with E-state index in [9.17, 15) is 4.79 Å². The summed E-state index contributed by atoms with van der Waals surface area (Å²) in [5.41, 5.74) is 3.97. The van der Waals surface area contributed by atoms with Gasteiger partial charge in [0.05, 0.1) is 16.0 Å². The molecule has 0 saturated heterocycles. The summed E-state index contributed by atoms with van der Waals surface area (Å²) in [6.45, 7) is 3.96. The highest BCUT2D eigenvalue weighted by molar-refractivity contribution is 8.00. The maximum atomic E-state index is 12.3. The third kappa shape index (κ3) is 4.83. The van der Waals surface area contributed by atoms with Gasteiger partial charge in [-0.1, -0.05) is 47.3 Å². The van der Waals surface area contributed by atoms with Crippen molar-refractivity contribution in [2.24, 2.45) is 0 Å². The number of amides is 1. The normalized spacial score (nSPS) is 11.1. The molecule has 0 bridgehead atoms. The molecule has 4 rings (SSSR count). The summed E-state index contributed by atoms with van der Waals surface area (Å²) in [4.78, 5) is 21.3. The van der Waals surface area contributed by atoms with Crippen LogP contribution < -0.4 is 5.32 Å². The van der Waals surface area contributed by atoms with Gasteiger partial charge in [0, 0.05) is 18.5 Å². The summed E-state index contributed by atoms with van der Waals surface area (Å²) in [5.74, 6) is 1.60. The lowest BCUT2D eigenvalue weighted by Crippen LogP contribution is -2.14. The molecule has 6 nitrogen and oxygen atoms in total. The first kappa shape index (κ1) is 19.6. The third-order valence-electron chi connectivity index (χ3n) is 4.42. The number of hydrogen-bond acceptors (Lipinski definition) is 7. The topological polar surface area (TPSA) is 80.9 Å². The Bertz CT molecular complexity index is 1100. The zero-order valence-electron chi connectivity index (χ0n) is 16.1. The number of rotatable bonds is 7. The van der Waals surface area contributed by atoms with Crippen LogP contribution in [0.5, 0.6) is 0 Å². The van der Waals surface area contributed by atoms with Crippen LogP contribution in [0.4, 0.5) is 5.69 Å². The Kier molecular flexibility index (Phi) is 5.92. The van der Waals surface area contributed by atoms with Crippen molar-refractivity contribution in [1.29, 1.82) is 0 Å². The van der Waals surface area contributed by atoms with Crippen LogP contribution in [-0.2, 0) is 17.0 Å². The van der Waals surface area contributed by atoms with E-state index in [2.05, 4.69) is 26.5 Å². The van der Waals surface area contributed by atoms with Crippen molar-refractivity contribution in [1.82, 2.24) is 15.1 Å². The SMILES string of the molecule is Cc1cccc(C)c1NC(=O)CCc1nc(CSc2nc3ccccc3s2)no1. The molecule has 2 aromatic carbocycles. The van der Waals surface area contributed by atoms with Gasteiger partial charge in [0.1, 0.15) is 0 Å². The average molecular weight is 425 g/mol. The molecule has 0 unspecified atom stereocenters. The van der Waals surface area contributed by atoms with Crippen molar-refractivity contribution in [2.75, 3.05) is 5.32 Å². The van der Waals surface area contributed by atoms with Crippen molar-refractivity contribution in [3.8, 4) is 0 Å². The fourth-order valence-corrected chi connectivity index (χ4v) is 4.83. The van der Waals surface area contributed by atoms with Gasteiger partial charge < -0.3 is 9.84 Å². The Balaban J connectivity index is 1.29. The fourth-order valence-electron chi connectivity index (χ4n) is 2.92. The second kappa shape index (κ2) is 8.75. The van der Waals surface area contributed by atoms with Gasteiger partial charge in [-0.2, -0.15) is 4.98 Å². The van der Waals surface area contributed by atoms with Crippen LogP contribution in [0, 0.1) is 13.8 Å². The molecular weight excluding hydrogens is 404 g/mol. The summed E-state index contributed by atoms with van der Waals surface area (Å²) in [7, 11) is 0. The molecule has 1 N–H and O–H groups in total. The lowest BCUT2D eigenvalue weighted by atomic mass is 10.1.